The van der Waals surface area contributed by atoms with Gasteiger partial charge in [-0.25, -0.2) is 0 Å². The Balaban J connectivity index is 0.974. The van der Waals surface area contributed by atoms with E-state index in [9.17, 15) is 0 Å². The van der Waals surface area contributed by atoms with Gasteiger partial charge in [-0.3, -0.25) is 0 Å². The Morgan fingerprint density at radius 1 is 0.500 bits per heavy atom. The second-order valence-electron chi connectivity index (χ2n) is 16.2. The van der Waals surface area contributed by atoms with Crippen molar-refractivity contribution in [3.8, 4) is 23.0 Å². The fourth-order valence-electron chi connectivity index (χ4n) is 10.2. The molecule has 10 rings (SSSR count). The molecule has 4 aliphatic carbocycles. The number of hydrogen-bond donors (Lipinski definition) is 0. The second-order valence-corrected chi connectivity index (χ2v) is 16.2. The van der Waals surface area contributed by atoms with Gasteiger partial charge >= 0.3 is 0 Å². The number of rotatable bonds is 6. The van der Waals surface area contributed by atoms with Crippen LogP contribution in [0.2, 0.25) is 0 Å². The molecule has 0 amide bonds. The van der Waals surface area contributed by atoms with E-state index in [0.717, 1.165) is 40.2 Å². The molecule has 6 aromatic carbocycles. The van der Waals surface area contributed by atoms with Crippen molar-refractivity contribution in [2.75, 3.05) is 0 Å². The van der Waals surface area contributed by atoms with Gasteiger partial charge in [0.15, 0.2) is 0 Å². The Hall–Kier alpha value is -4.56. The van der Waals surface area contributed by atoms with Crippen LogP contribution in [0.1, 0.15) is 76.0 Å². The van der Waals surface area contributed by atoms with Crippen molar-refractivity contribution in [2.24, 2.45) is 11.8 Å². The van der Waals surface area contributed by atoms with Gasteiger partial charge in [-0.1, -0.05) is 112 Å². The molecule has 0 aromatic heterocycles. The number of ether oxygens (including phenoxy) is 2. The van der Waals surface area contributed by atoms with E-state index in [-0.39, 0.29) is 16.2 Å². The van der Waals surface area contributed by atoms with Crippen LogP contribution in [0.25, 0.3) is 21.5 Å². The summed E-state index contributed by atoms with van der Waals surface area (Å²) in [5, 5.41) is 4.79. The highest BCUT2D eigenvalue weighted by atomic mass is 16.5. The first kappa shape index (κ1) is 29.6. The van der Waals surface area contributed by atoms with E-state index in [1.54, 1.807) is 0 Å². The van der Waals surface area contributed by atoms with E-state index in [1.807, 2.05) is 0 Å². The zero-order valence-corrected chi connectivity index (χ0v) is 28.3. The van der Waals surface area contributed by atoms with Crippen LogP contribution >= 0.6 is 0 Å². The molecular formula is C46H44O2. The molecule has 48 heavy (non-hydrogen) atoms. The molecule has 4 bridgehead atoms. The highest BCUT2D eigenvalue weighted by Crippen LogP contribution is 2.66. The van der Waals surface area contributed by atoms with E-state index in [1.165, 1.54) is 71.4 Å². The maximum Gasteiger partial charge on any atom is 0.135 e. The molecule has 0 N–H and O–H groups in total. The van der Waals surface area contributed by atoms with E-state index in [2.05, 4.69) is 148 Å². The van der Waals surface area contributed by atoms with Crippen molar-refractivity contribution in [2.45, 2.75) is 75.5 Å². The second kappa shape index (κ2) is 11.0. The largest absolute Gasteiger partial charge is 0.457 e. The van der Waals surface area contributed by atoms with Crippen molar-refractivity contribution < 1.29 is 9.47 Å². The summed E-state index contributed by atoms with van der Waals surface area (Å²) in [6.45, 7) is 6.83. The van der Waals surface area contributed by atoms with E-state index in [0.29, 0.717) is 0 Å². The molecular weight excluding hydrogens is 585 g/mol. The molecule has 0 saturated heterocycles. The van der Waals surface area contributed by atoms with E-state index >= 15 is 0 Å². The monoisotopic (exact) mass is 628 g/mol. The Labute approximate surface area is 284 Å². The van der Waals surface area contributed by atoms with Crippen LogP contribution in [-0.4, -0.2) is 0 Å². The fraction of sp³-hybridized carbons (Fsp3) is 0.304. The molecule has 2 atom stereocenters. The van der Waals surface area contributed by atoms with Gasteiger partial charge in [-0.2, -0.15) is 0 Å². The third-order valence-electron chi connectivity index (χ3n) is 11.9. The molecule has 4 saturated carbocycles. The summed E-state index contributed by atoms with van der Waals surface area (Å²) in [5.41, 5.74) is 4.90. The van der Waals surface area contributed by atoms with Gasteiger partial charge in [0, 0.05) is 10.8 Å². The van der Waals surface area contributed by atoms with Gasteiger partial charge < -0.3 is 9.47 Å². The van der Waals surface area contributed by atoms with Crippen LogP contribution < -0.4 is 9.47 Å². The average molecular weight is 629 g/mol. The van der Waals surface area contributed by atoms with Crippen molar-refractivity contribution in [1.82, 2.24) is 0 Å². The first-order valence-electron chi connectivity index (χ1n) is 17.8. The Morgan fingerprint density at radius 2 is 1.00 bits per heavy atom. The molecule has 4 aliphatic rings. The average Bonchev–Trinajstić information content (AvgIpc) is 3.08. The quantitative estimate of drug-likeness (QED) is 0.183. The first-order valence-corrected chi connectivity index (χ1v) is 17.8. The minimum absolute atomic E-state index is 0.0717. The van der Waals surface area contributed by atoms with Crippen molar-refractivity contribution >= 4 is 21.5 Å². The van der Waals surface area contributed by atoms with Crippen LogP contribution in [0.3, 0.4) is 0 Å². The predicted molar refractivity (Wildman–Crippen MR) is 198 cm³/mol. The summed E-state index contributed by atoms with van der Waals surface area (Å²) >= 11 is 0. The first-order chi connectivity index (χ1) is 23.3. The molecule has 2 nitrogen and oxygen atoms in total. The van der Waals surface area contributed by atoms with Gasteiger partial charge in [-0.15, -0.1) is 0 Å². The molecule has 2 unspecified atom stereocenters. The summed E-state index contributed by atoms with van der Waals surface area (Å²) in [4.78, 5) is 0. The molecule has 0 heterocycles. The van der Waals surface area contributed by atoms with Gasteiger partial charge in [0.25, 0.3) is 0 Å². The third-order valence-corrected chi connectivity index (χ3v) is 11.9. The molecule has 6 aromatic rings. The number of hydrogen-bond acceptors (Lipinski definition) is 2. The molecule has 0 aliphatic heterocycles. The maximum atomic E-state index is 6.59. The minimum atomic E-state index is 0.0717. The number of benzene rings is 6. The maximum absolute atomic E-state index is 6.59. The summed E-state index contributed by atoms with van der Waals surface area (Å²) < 4.78 is 13.0. The van der Waals surface area contributed by atoms with Crippen LogP contribution in [0, 0.1) is 11.8 Å². The summed E-state index contributed by atoms with van der Waals surface area (Å²) in [5.74, 6) is 5.24. The lowest BCUT2D eigenvalue weighted by Gasteiger charge is -2.62. The zero-order chi connectivity index (χ0) is 32.5. The van der Waals surface area contributed by atoms with Crippen LogP contribution in [0.4, 0.5) is 0 Å². The lowest BCUT2D eigenvalue weighted by atomic mass is 9.42. The third kappa shape index (κ3) is 5.00. The topological polar surface area (TPSA) is 18.5 Å². The van der Waals surface area contributed by atoms with Gasteiger partial charge in [0.1, 0.15) is 23.0 Å². The molecule has 0 radical (unpaired) electrons. The molecule has 2 heteroatoms. The number of fused-ring (bicyclic) bond motifs is 2. The smallest absolute Gasteiger partial charge is 0.135 e. The Kier molecular flexibility index (Phi) is 6.77. The van der Waals surface area contributed by atoms with Crippen LogP contribution in [-0.2, 0) is 16.2 Å². The standard InChI is InChI=1S/C46H44O2/c1-44(2,3)41-23-24-43(40-13-7-6-12-39(40)41)48-37-21-17-35(18-22-37)46-28-31-25-32(29-46)27-45(26-31,30-46)34-15-19-36(20-16-34)47-42-14-8-10-33-9-4-5-11-38(33)42/h4-24,31-32H,25-30H2,1-3H3. The lowest BCUT2D eigenvalue weighted by molar-refractivity contribution is -0.0281. The zero-order valence-electron chi connectivity index (χ0n) is 28.3. The minimum Gasteiger partial charge on any atom is -0.457 e. The van der Waals surface area contributed by atoms with Crippen molar-refractivity contribution in [1.29, 1.82) is 0 Å². The van der Waals surface area contributed by atoms with Gasteiger partial charge in [0.05, 0.1) is 0 Å². The van der Waals surface area contributed by atoms with Gasteiger partial charge in [-0.05, 0) is 130 Å². The highest BCUT2D eigenvalue weighted by Gasteiger charge is 2.58. The SMILES string of the molecule is CC(C)(C)c1ccc(Oc2ccc(C34CC5CC(CC(c6ccc(Oc7cccc8ccccc78)cc6)(C5)C3)C4)cc2)c2ccccc12. The van der Waals surface area contributed by atoms with E-state index in [4.69, 9.17) is 9.47 Å². The van der Waals surface area contributed by atoms with Crippen molar-refractivity contribution in [3.05, 3.63) is 144 Å². The van der Waals surface area contributed by atoms with Crippen LogP contribution in [0.15, 0.2) is 127 Å². The normalized spacial score (nSPS) is 24.6. The fourth-order valence-corrected chi connectivity index (χ4v) is 10.2. The summed E-state index contributed by atoms with van der Waals surface area (Å²) in [6.07, 6.45) is 7.88. The predicted octanol–water partition coefficient (Wildman–Crippen LogP) is 12.7. The Morgan fingerprint density at radius 3 is 1.58 bits per heavy atom. The van der Waals surface area contributed by atoms with Crippen molar-refractivity contribution in [3.63, 3.8) is 0 Å². The van der Waals surface area contributed by atoms with Crippen LogP contribution in [0.5, 0.6) is 23.0 Å². The summed E-state index contributed by atoms with van der Waals surface area (Å²) in [7, 11) is 0. The molecule has 0 spiro atoms. The Bertz CT molecular complexity index is 2110. The van der Waals surface area contributed by atoms with E-state index < -0.39 is 0 Å². The van der Waals surface area contributed by atoms with Gasteiger partial charge in [0.2, 0.25) is 0 Å². The molecule has 240 valence electrons. The molecule has 4 fully saturated rings. The highest BCUT2D eigenvalue weighted by molar-refractivity contribution is 5.92. The summed E-state index contributed by atoms with van der Waals surface area (Å²) in [6, 6.07) is 46.1. The lowest BCUT2D eigenvalue weighted by Crippen LogP contribution is -2.55.